The molecule has 1 aliphatic rings. The molecular weight excluding hydrogens is 318 g/mol. The number of carbonyl (C=O) groups is 1. The van der Waals surface area contributed by atoms with Gasteiger partial charge in [-0.15, -0.1) is 0 Å². The van der Waals surface area contributed by atoms with Crippen LogP contribution in [0.3, 0.4) is 0 Å². The number of nitrogens with one attached hydrogen (secondary N) is 1. The van der Waals surface area contributed by atoms with Crippen molar-refractivity contribution < 1.29 is 14.6 Å². The third-order valence-electron chi connectivity index (χ3n) is 4.69. The molecule has 25 heavy (non-hydrogen) atoms. The first-order valence-electron chi connectivity index (χ1n) is 8.85. The van der Waals surface area contributed by atoms with Gasteiger partial charge in [-0.05, 0) is 33.8 Å². The number of phenolic OH excluding ortho intramolecular Hbond substituents is 1. The topological polar surface area (TPSA) is 65.0 Å². The van der Waals surface area contributed by atoms with Gasteiger partial charge in [0.05, 0.1) is 18.8 Å². The highest BCUT2D eigenvalue weighted by molar-refractivity contribution is 5.74. The molecule has 6 heteroatoms. The van der Waals surface area contributed by atoms with Gasteiger partial charge in [0.1, 0.15) is 5.75 Å². The predicted molar refractivity (Wildman–Crippen MR) is 98.6 cm³/mol. The monoisotopic (exact) mass is 349 g/mol. The van der Waals surface area contributed by atoms with E-state index in [1.165, 1.54) is 0 Å². The molecule has 140 valence electrons. The second kappa shape index (κ2) is 8.06. The number of rotatable bonds is 5. The molecule has 1 saturated heterocycles. The Morgan fingerprint density at radius 2 is 1.92 bits per heavy atom. The van der Waals surface area contributed by atoms with Crippen LogP contribution in [0.1, 0.15) is 33.3 Å². The fourth-order valence-electron chi connectivity index (χ4n) is 3.18. The van der Waals surface area contributed by atoms with Crippen LogP contribution in [0.2, 0.25) is 0 Å². The Hall–Kier alpha value is -1.79. The van der Waals surface area contributed by atoms with Crippen LogP contribution in [0, 0.1) is 0 Å². The van der Waals surface area contributed by atoms with Crippen molar-refractivity contribution in [3.8, 4) is 5.75 Å². The van der Waals surface area contributed by atoms with Crippen LogP contribution >= 0.6 is 0 Å². The van der Waals surface area contributed by atoms with Gasteiger partial charge in [-0.3, -0.25) is 4.90 Å². The summed E-state index contributed by atoms with van der Waals surface area (Å²) >= 11 is 0. The smallest absolute Gasteiger partial charge is 0.317 e. The van der Waals surface area contributed by atoms with E-state index in [0.29, 0.717) is 13.1 Å². The summed E-state index contributed by atoms with van der Waals surface area (Å²) in [5.74, 6) is 0.207. The standard InChI is InChI=1S/C19H31N3O3/c1-14-10-22(11-15(2)25-14)19(3,4)13-20-18(24)21(5)12-16-8-6-7-9-17(16)23/h6-9,14-15,23H,10-13H2,1-5H3,(H,20,24). The zero-order chi connectivity index (χ0) is 18.6. The molecule has 2 N–H and O–H groups in total. The molecule has 0 aliphatic carbocycles. The summed E-state index contributed by atoms with van der Waals surface area (Å²) in [6, 6.07) is 6.92. The molecule has 1 aliphatic heterocycles. The molecule has 0 saturated carbocycles. The Morgan fingerprint density at radius 1 is 1.32 bits per heavy atom. The zero-order valence-corrected chi connectivity index (χ0v) is 16.0. The molecule has 1 fully saturated rings. The second-order valence-electron chi connectivity index (χ2n) is 7.62. The van der Waals surface area contributed by atoms with E-state index in [2.05, 4.69) is 37.9 Å². The maximum Gasteiger partial charge on any atom is 0.317 e. The third kappa shape index (κ3) is 5.34. The number of carbonyl (C=O) groups excluding carboxylic acids is 1. The molecule has 1 aromatic carbocycles. The second-order valence-corrected chi connectivity index (χ2v) is 7.62. The summed E-state index contributed by atoms with van der Waals surface area (Å²) < 4.78 is 5.79. The van der Waals surface area contributed by atoms with Gasteiger partial charge in [0, 0.05) is 37.8 Å². The number of para-hydroxylation sites is 1. The molecule has 2 rings (SSSR count). The highest BCUT2D eigenvalue weighted by Gasteiger charge is 2.33. The average Bonchev–Trinajstić information content (AvgIpc) is 2.54. The number of nitrogens with zero attached hydrogens (tertiary/aromatic N) is 2. The fourth-order valence-corrected chi connectivity index (χ4v) is 3.18. The Balaban J connectivity index is 1.88. The molecule has 1 aromatic rings. The normalized spacial score (nSPS) is 21.8. The first-order chi connectivity index (χ1) is 11.7. The Bertz CT molecular complexity index is 581. The van der Waals surface area contributed by atoms with Crippen LogP contribution in [-0.2, 0) is 11.3 Å². The van der Waals surface area contributed by atoms with E-state index < -0.39 is 0 Å². The van der Waals surface area contributed by atoms with Crippen LogP contribution in [0.25, 0.3) is 0 Å². The van der Waals surface area contributed by atoms with Gasteiger partial charge in [0.25, 0.3) is 0 Å². The van der Waals surface area contributed by atoms with Crippen LogP contribution in [0.4, 0.5) is 4.79 Å². The van der Waals surface area contributed by atoms with E-state index in [1.54, 1.807) is 24.1 Å². The van der Waals surface area contributed by atoms with Gasteiger partial charge in [-0.2, -0.15) is 0 Å². The number of amides is 2. The number of morpholine rings is 1. The molecular formula is C19H31N3O3. The van der Waals surface area contributed by atoms with Crippen LogP contribution in [-0.4, -0.2) is 65.4 Å². The number of hydrogen-bond donors (Lipinski definition) is 2. The van der Waals surface area contributed by atoms with Gasteiger partial charge in [-0.1, -0.05) is 18.2 Å². The van der Waals surface area contributed by atoms with Crippen molar-refractivity contribution in [3.05, 3.63) is 29.8 Å². The first kappa shape index (κ1) is 19.5. The predicted octanol–water partition coefficient (Wildman–Crippen LogP) is 2.42. The molecule has 2 unspecified atom stereocenters. The molecule has 0 radical (unpaired) electrons. The summed E-state index contributed by atoms with van der Waals surface area (Å²) in [6.45, 7) is 11.1. The van der Waals surface area contributed by atoms with Crippen LogP contribution in [0.15, 0.2) is 24.3 Å². The molecule has 0 spiro atoms. The lowest BCUT2D eigenvalue weighted by Crippen LogP contribution is -2.59. The summed E-state index contributed by atoms with van der Waals surface area (Å²) in [4.78, 5) is 16.4. The van der Waals surface area contributed by atoms with E-state index >= 15 is 0 Å². The Kier molecular flexibility index (Phi) is 6.30. The largest absolute Gasteiger partial charge is 0.508 e. The van der Waals surface area contributed by atoms with Crippen molar-refractivity contribution in [1.29, 1.82) is 0 Å². The van der Waals surface area contributed by atoms with Crippen molar-refractivity contribution in [2.75, 3.05) is 26.7 Å². The first-order valence-corrected chi connectivity index (χ1v) is 8.85. The molecule has 6 nitrogen and oxygen atoms in total. The number of benzene rings is 1. The van der Waals surface area contributed by atoms with E-state index in [1.807, 2.05) is 12.1 Å². The molecule has 1 heterocycles. The summed E-state index contributed by atoms with van der Waals surface area (Å²) in [7, 11) is 1.73. The summed E-state index contributed by atoms with van der Waals surface area (Å²) in [6.07, 6.45) is 0.393. The Morgan fingerprint density at radius 3 is 2.52 bits per heavy atom. The van der Waals surface area contributed by atoms with Gasteiger partial charge in [-0.25, -0.2) is 4.79 Å². The molecule has 2 atom stereocenters. The van der Waals surface area contributed by atoms with Crippen molar-refractivity contribution in [2.24, 2.45) is 0 Å². The average molecular weight is 349 g/mol. The number of ether oxygens (including phenoxy) is 1. The van der Waals surface area contributed by atoms with E-state index in [0.717, 1.165) is 18.7 Å². The number of urea groups is 1. The SMILES string of the molecule is CC1CN(C(C)(C)CNC(=O)N(C)Cc2ccccc2O)CC(C)O1. The minimum Gasteiger partial charge on any atom is -0.508 e. The van der Waals surface area contributed by atoms with Crippen LogP contribution < -0.4 is 5.32 Å². The minimum absolute atomic E-state index is 0.148. The van der Waals surface area contributed by atoms with Gasteiger partial charge >= 0.3 is 6.03 Å². The highest BCUT2D eigenvalue weighted by Crippen LogP contribution is 2.21. The third-order valence-corrected chi connectivity index (χ3v) is 4.69. The molecule has 0 aromatic heterocycles. The van der Waals surface area contributed by atoms with Crippen LogP contribution in [0.5, 0.6) is 5.75 Å². The van der Waals surface area contributed by atoms with E-state index in [9.17, 15) is 9.90 Å². The maximum absolute atomic E-state index is 12.4. The van der Waals surface area contributed by atoms with Gasteiger partial charge in [0.2, 0.25) is 0 Å². The number of phenols is 1. The number of hydrogen-bond acceptors (Lipinski definition) is 4. The zero-order valence-electron chi connectivity index (χ0n) is 16.0. The van der Waals surface area contributed by atoms with Crippen molar-refractivity contribution in [1.82, 2.24) is 15.1 Å². The lowest BCUT2D eigenvalue weighted by atomic mass is 10.00. The van der Waals surface area contributed by atoms with E-state index in [-0.39, 0.29) is 29.5 Å². The lowest BCUT2D eigenvalue weighted by molar-refractivity contribution is -0.0948. The quantitative estimate of drug-likeness (QED) is 0.857. The van der Waals surface area contributed by atoms with Crippen molar-refractivity contribution >= 4 is 6.03 Å². The highest BCUT2D eigenvalue weighted by atomic mass is 16.5. The summed E-state index contributed by atoms with van der Waals surface area (Å²) in [5.41, 5.74) is 0.577. The van der Waals surface area contributed by atoms with Crippen molar-refractivity contribution in [2.45, 2.75) is 52.0 Å². The minimum atomic E-state index is -0.155. The number of aromatic hydroxyl groups is 1. The van der Waals surface area contributed by atoms with E-state index in [4.69, 9.17) is 4.74 Å². The van der Waals surface area contributed by atoms with Gasteiger partial charge < -0.3 is 20.1 Å². The Labute approximate surface area is 150 Å². The summed E-state index contributed by atoms with van der Waals surface area (Å²) in [5, 5.41) is 12.9. The maximum atomic E-state index is 12.4. The lowest BCUT2D eigenvalue weighted by Gasteiger charge is -2.45. The molecule has 0 bridgehead atoms. The van der Waals surface area contributed by atoms with Crippen molar-refractivity contribution in [3.63, 3.8) is 0 Å². The molecule has 2 amide bonds. The van der Waals surface area contributed by atoms with Gasteiger partial charge in [0.15, 0.2) is 0 Å². The fraction of sp³-hybridized carbons (Fsp3) is 0.632.